The first-order chi connectivity index (χ1) is 6.66. The topological polar surface area (TPSA) is 24.7 Å². The zero-order valence-electron chi connectivity index (χ0n) is 7.50. The Bertz CT molecular complexity index is 407. The number of thiophene rings is 1. The minimum absolute atomic E-state index is 0.133. The molecule has 0 bridgehead atoms. The zero-order chi connectivity index (χ0) is 10.1. The molecule has 1 aliphatic rings. The molecule has 0 aliphatic carbocycles. The number of hydrogen-bond donors (Lipinski definition) is 0. The van der Waals surface area contributed by atoms with Crippen molar-refractivity contribution in [2.75, 3.05) is 0 Å². The molecule has 0 radical (unpaired) electrons. The molecule has 0 spiro atoms. The molecule has 2 rings (SSSR count). The van der Waals surface area contributed by atoms with Gasteiger partial charge in [0.2, 0.25) is 0 Å². The summed E-state index contributed by atoms with van der Waals surface area (Å²) >= 11 is 1.55. The van der Waals surface area contributed by atoms with Gasteiger partial charge in [-0.2, -0.15) is 10.2 Å². The third-order valence-corrected chi connectivity index (χ3v) is 2.97. The van der Waals surface area contributed by atoms with Crippen molar-refractivity contribution in [2.24, 2.45) is 10.2 Å². The summed E-state index contributed by atoms with van der Waals surface area (Å²) in [6, 6.07) is 3.84. The third-order valence-electron chi connectivity index (χ3n) is 1.92. The van der Waals surface area contributed by atoms with Crippen molar-refractivity contribution in [1.82, 2.24) is 0 Å². The van der Waals surface area contributed by atoms with Gasteiger partial charge in [-0.3, -0.25) is 0 Å². The van der Waals surface area contributed by atoms with E-state index in [9.17, 15) is 8.78 Å². The van der Waals surface area contributed by atoms with Crippen LogP contribution in [0.15, 0.2) is 22.3 Å². The van der Waals surface area contributed by atoms with E-state index in [1.807, 2.05) is 19.1 Å². The molecular weight excluding hydrogens is 206 g/mol. The number of aryl methyl sites for hydroxylation is 1. The van der Waals surface area contributed by atoms with Gasteiger partial charge >= 0.3 is 0 Å². The van der Waals surface area contributed by atoms with Gasteiger partial charge in [0.25, 0.3) is 6.43 Å². The molecule has 2 nitrogen and oxygen atoms in total. The Balaban J connectivity index is 2.12. The second-order valence-corrected chi connectivity index (χ2v) is 4.31. The van der Waals surface area contributed by atoms with Crippen LogP contribution >= 0.6 is 11.3 Å². The Hall–Kier alpha value is -1.10. The van der Waals surface area contributed by atoms with E-state index in [2.05, 4.69) is 10.2 Å². The fraction of sp³-hybridized carbons (Fsp3) is 0.333. The molecule has 0 atom stereocenters. The molecule has 1 aromatic heterocycles. The Labute approximate surface area is 84.0 Å². The molecule has 0 saturated heterocycles. The molecule has 2 heterocycles. The normalized spacial score (nSPS) is 16.0. The number of hydrogen-bond acceptors (Lipinski definition) is 3. The van der Waals surface area contributed by atoms with Gasteiger partial charge in [-0.25, -0.2) is 8.78 Å². The van der Waals surface area contributed by atoms with Crippen molar-refractivity contribution in [3.63, 3.8) is 0 Å². The molecule has 74 valence electrons. The summed E-state index contributed by atoms with van der Waals surface area (Å²) < 4.78 is 24.5. The van der Waals surface area contributed by atoms with Crippen LogP contribution in [0.25, 0.3) is 0 Å². The van der Waals surface area contributed by atoms with Gasteiger partial charge in [0.05, 0.1) is 10.6 Å². The first kappa shape index (κ1) is 9.45. The Morgan fingerprint density at radius 2 is 2.14 bits per heavy atom. The van der Waals surface area contributed by atoms with Crippen LogP contribution in [0.2, 0.25) is 0 Å². The highest BCUT2D eigenvalue weighted by Crippen LogP contribution is 2.21. The van der Waals surface area contributed by atoms with E-state index in [4.69, 9.17) is 0 Å². The van der Waals surface area contributed by atoms with Crippen molar-refractivity contribution >= 4 is 22.8 Å². The third kappa shape index (κ3) is 1.72. The number of alkyl halides is 2. The highest BCUT2D eigenvalue weighted by molar-refractivity contribution is 7.14. The molecule has 1 aromatic rings. The number of rotatable bonds is 2. The predicted octanol–water partition coefficient (Wildman–Crippen LogP) is 2.87. The van der Waals surface area contributed by atoms with Crippen LogP contribution in [0.5, 0.6) is 0 Å². The largest absolute Gasteiger partial charge is 0.278 e. The van der Waals surface area contributed by atoms with Crippen molar-refractivity contribution in [3.8, 4) is 0 Å². The second kappa shape index (κ2) is 3.57. The van der Waals surface area contributed by atoms with Gasteiger partial charge in [0.15, 0.2) is 0 Å². The van der Waals surface area contributed by atoms with Gasteiger partial charge in [0.1, 0.15) is 5.71 Å². The van der Waals surface area contributed by atoms with Crippen LogP contribution in [0.4, 0.5) is 8.78 Å². The molecule has 0 amide bonds. The molecule has 0 N–H and O–H groups in total. The van der Waals surface area contributed by atoms with Crippen LogP contribution in [0.1, 0.15) is 16.2 Å². The molecule has 5 heteroatoms. The van der Waals surface area contributed by atoms with E-state index in [1.54, 1.807) is 11.3 Å². The quantitative estimate of drug-likeness (QED) is 0.723. The van der Waals surface area contributed by atoms with E-state index in [-0.39, 0.29) is 12.1 Å². The SMILES string of the molecule is Cc1ccc(C2=NN=C(C(F)F)C2)s1. The Morgan fingerprint density at radius 1 is 1.36 bits per heavy atom. The van der Waals surface area contributed by atoms with Gasteiger partial charge in [0, 0.05) is 11.3 Å². The van der Waals surface area contributed by atoms with Crippen LogP contribution in [0, 0.1) is 6.92 Å². The summed E-state index contributed by atoms with van der Waals surface area (Å²) in [4.78, 5) is 2.08. The summed E-state index contributed by atoms with van der Waals surface area (Å²) in [6.45, 7) is 1.97. The minimum Gasteiger partial charge on any atom is -0.204 e. The lowest BCUT2D eigenvalue weighted by atomic mass is 10.2. The molecule has 14 heavy (non-hydrogen) atoms. The minimum atomic E-state index is -2.49. The second-order valence-electron chi connectivity index (χ2n) is 3.03. The molecule has 0 unspecified atom stereocenters. The van der Waals surface area contributed by atoms with E-state index < -0.39 is 6.43 Å². The lowest BCUT2D eigenvalue weighted by Crippen LogP contribution is -2.10. The smallest absolute Gasteiger partial charge is 0.204 e. The van der Waals surface area contributed by atoms with Gasteiger partial charge in [-0.15, -0.1) is 11.3 Å². The molecular formula is C9H8F2N2S. The predicted molar refractivity (Wildman–Crippen MR) is 53.6 cm³/mol. The average Bonchev–Trinajstić information content (AvgIpc) is 2.70. The van der Waals surface area contributed by atoms with Gasteiger partial charge in [-0.05, 0) is 19.1 Å². The maximum atomic E-state index is 12.2. The fourth-order valence-corrected chi connectivity index (χ4v) is 2.06. The van der Waals surface area contributed by atoms with E-state index in [0.717, 1.165) is 9.75 Å². The first-order valence-electron chi connectivity index (χ1n) is 4.15. The van der Waals surface area contributed by atoms with E-state index >= 15 is 0 Å². The summed E-state index contributed by atoms with van der Waals surface area (Å²) in [5.74, 6) is 0. The van der Waals surface area contributed by atoms with Crippen molar-refractivity contribution in [1.29, 1.82) is 0 Å². The van der Waals surface area contributed by atoms with E-state index in [1.165, 1.54) is 0 Å². The monoisotopic (exact) mass is 214 g/mol. The van der Waals surface area contributed by atoms with E-state index in [0.29, 0.717) is 5.71 Å². The van der Waals surface area contributed by atoms with Crippen LogP contribution in [-0.4, -0.2) is 17.8 Å². The highest BCUT2D eigenvalue weighted by atomic mass is 32.1. The zero-order valence-corrected chi connectivity index (χ0v) is 8.31. The summed E-state index contributed by atoms with van der Waals surface area (Å²) in [6.07, 6.45) is -2.31. The lowest BCUT2D eigenvalue weighted by molar-refractivity contribution is 0.224. The number of halogens is 2. The summed E-state index contributed by atoms with van der Waals surface area (Å²) in [5.41, 5.74) is 0.518. The van der Waals surface area contributed by atoms with Crippen molar-refractivity contribution in [3.05, 3.63) is 21.9 Å². The maximum Gasteiger partial charge on any atom is 0.278 e. The summed E-state index contributed by atoms with van der Waals surface area (Å²) in [5, 5.41) is 7.22. The molecule has 0 fully saturated rings. The molecule has 1 aliphatic heterocycles. The Morgan fingerprint density at radius 3 is 2.64 bits per heavy atom. The maximum absolute atomic E-state index is 12.2. The average molecular weight is 214 g/mol. The lowest BCUT2D eigenvalue weighted by Gasteiger charge is -1.96. The van der Waals surface area contributed by atoms with Crippen molar-refractivity contribution < 1.29 is 8.78 Å². The Kier molecular flexibility index (Phi) is 2.41. The van der Waals surface area contributed by atoms with Crippen LogP contribution in [0.3, 0.4) is 0 Å². The molecule has 0 aromatic carbocycles. The van der Waals surface area contributed by atoms with Gasteiger partial charge < -0.3 is 0 Å². The molecule has 0 saturated carbocycles. The standard InChI is InChI=1S/C9H8F2N2S/c1-5-2-3-8(14-5)6-4-7(9(10)11)13-12-6/h2-3,9H,4H2,1H3. The van der Waals surface area contributed by atoms with Crippen LogP contribution in [-0.2, 0) is 0 Å². The number of nitrogens with zero attached hydrogens (tertiary/aromatic N) is 2. The highest BCUT2D eigenvalue weighted by Gasteiger charge is 2.22. The van der Waals surface area contributed by atoms with Gasteiger partial charge in [-0.1, -0.05) is 0 Å². The summed E-state index contributed by atoms with van der Waals surface area (Å²) in [7, 11) is 0. The van der Waals surface area contributed by atoms with Crippen molar-refractivity contribution in [2.45, 2.75) is 19.8 Å². The van der Waals surface area contributed by atoms with Crippen LogP contribution < -0.4 is 0 Å². The fourth-order valence-electron chi connectivity index (χ4n) is 1.21. The first-order valence-corrected chi connectivity index (χ1v) is 4.96.